The number of hydrogen-bond donors (Lipinski definition) is 1. The van der Waals surface area contributed by atoms with Crippen LogP contribution in [0.5, 0.6) is 0 Å². The lowest BCUT2D eigenvalue weighted by Gasteiger charge is -2.20. The molecule has 2 heterocycles. The van der Waals surface area contributed by atoms with Gasteiger partial charge in [0.1, 0.15) is 5.82 Å². The standard InChI is InChI=1S/C21H30N4OS/c1-14(2)16-9-8-10-17(15(3)4)20(16)22-19(26)13-27-21-24-23-18-11-6-5-7-12-25(18)21/h8-10,14-15H,5-7,11-13H2,1-4H3,(H,22,26). The predicted molar refractivity (Wildman–Crippen MR) is 112 cm³/mol. The van der Waals surface area contributed by atoms with Crippen LogP contribution >= 0.6 is 11.8 Å². The van der Waals surface area contributed by atoms with E-state index in [1.54, 1.807) is 0 Å². The van der Waals surface area contributed by atoms with E-state index in [2.05, 4.69) is 66.0 Å². The first-order valence-corrected chi connectivity index (χ1v) is 10.9. The molecule has 0 saturated carbocycles. The maximum absolute atomic E-state index is 12.7. The van der Waals surface area contributed by atoms with Crippen LogP contribution in [-0.2, 0) is 17.8 Å². The van der Waals surface area contributed by atoms with Crippen molar-refractivity contribution < 1.29 is 4.79 Å². The van der Waals surface area contributed by atoms with Gasteiger partial charge in [0.25, 0.3) is 0 Å². The highest BCUT2D eigenvalue weighted by Crippen LogP contribution is 2.32. The maximum Gasteiger partial charge on any atom is 0.234 e. The van der Waals surface area contributed by atoms with E-state index in [0.717, 1.165) is 36.1 Å². The van der Waals surface area contributed by atoms with Gasteiger partial charge in [-0.15, -0.1) is 10.2 Å². The van der Waals surface area contributed by atoms with Crippen LogP contribution in [0.25, 0.3) is 0 Å². The Labute approximate surface area is 166 Å². The number of nitrogens with one attached hydrogen (secondary N) is 1. The summed E-state index contributed by atoms with van der Waals surface area (Å²) in [5.74, 6) is 2.14. The number of para-hydroxylation sites is 1. The summed E-state index contributed by atoms with van der Waals surface area (Å²) in [6, 6.07) is 6.30. The number of anilines is 1. The number of fused-ring (bicyclic) bond motifs is 1. The van der Waals surface area contributed by atoms with Crippen molar-refractivity contribution in [3.63, 3.8) is 0 Å². The molecular formula is C21H30N4OS. The molecule has 0 spiro atoms. The van der Waals surface area contributed by atoms with Crippen LogP contribution in [-0.4, -0.2) is 26.4 Å². The molecule has 1 aromatic heterocycles. The second-order valence-corrected chi connectivity index (χ2v) is 8.76. The van der Waals surface area contributed by atoms with E-state index in [4.69, 9.17) is 0 Å². The van der Waals surface area contributed by atoms with Gasteiger partial charge in [0.2, 0.25) is 5.91 Å². The van der Waals surface area contributed by atoms with Crippen molar-refractivity contribution in [3.05, 3.63) is 35.2 Å². The lowest BCUT2D eigenvalue weighted by atomic mass is 9.92. The molecule has 0 radical (unpaired) electrons. The summed E-state index contributed by atoms with van der Waals surface area (Å²) in [4.78, 5) is 12.7. The molecule has 0 saturated heterocycles. The molecular weight excluding hydrogens is 356 g/mol. The number of benzene rings is 1. The zero-order chi connectivity index (χ0) is 19.4. The fourth-order valence-electron chi connectivity index (χ4n) is 3.57. The third-order valence-electron chi connectivity index (χ3n) is 5.05. The van der Waals surface area contributed by atoms with Crippen LogP contribution in [0, 0.1) is 0 Å². The number of carbonyl (C=O) groups excluding carboxylic acids is 1. The minimum Gasteiger partial charge on any atom is -0.325 e. The van der Waals surface area contributed by atoms with Crippen LogP contribution in [0.1, 0.15) is 75.7 Å². The van der Waals surface area contributed by atoms with Crippen molar-refractivity contribution >= 4 is 23.4 Å². The van der Waals surface area contributed by atoms with Crippen LogP contribution in [0.15, 0.2) is 23.4 Å². The molecule has 6 heteroatoms. The third kappa shape index (κ3) is 4.72. The van der Waals surface area contributed by atoms with Crippen LogP contribution in [0.4, 0.5) is 5.69 Å². The van der Waals surface area contributed by atoms with Gasteiger partial charge in [-0.05, 0) is 35.8 Å². The van der Waals surface area contributed by atoms with Crippen LogP contribution < -0.4 is 5.32 Å². The van der Waals surface area contributed by atoms with Gasteiger partial charge in [0.15, 0.2) is 5.16 Å². The quantitative estimate of drug-likeness (QED) is 0.711. The Morgan fingerprint density at radius 1 is 1.11 bits per heavy atom. The largest absolute Gasteiger partial charge is 0.325 e. The highest BCUT2D eigenvalue weighted by molar-refractivity contribution is 7.99. The van der Waals surface area contributed by atoms with Gasteiger partial charge >= 0.3 is 0 Å². The zero-order valence-electron chi connectivity index (χ0n) is 16.8. The molecule has 1 aromatic carbocycles. The third-order valence-corrected chi connectivity index (χ3v) is 6.01. The summed E-state index contributed by atoms with van der Waals surface area (Å²) >= 11 is 1.48. The summed E-state index contributed by atoms with van der Waals surface area (Å²) in [7, 11) is 0. The molecule has 1 aliphatic heterocycles. The number of nitrogens with zero attached hydrogens (tertiary/aromatic N) is 3. The van der Waals surface area contributed by atoms with E-state index in [9.17, 15) is 4.79 Å². The monoisotopic (exact) mass is 386 g/mol. The van der Waals surface area contributed by atoms with E-state index in [-0.39, 0.29) is 5.91 Å². The lowest BCUT2D eigenvalue weighted by Crippen LogP contribution is -2.18. The Hall–Kier alpha value is -1.82. The lowest BCUT2D eigenvalue weighted by molar-refractivity contribution is -0.113. The van der Waals surface area contributed by atoms with Crippen molar-refractivity contribution in [1.82, 2.24) is 14.8 Å². The minimum absolute atomic E-state index is 0.0148. The average Bonchev–Trinajstić information content (AvgIpc) is 2.86. The second kappa shape index (κ2) is 8.91. The molecule has 2 aromatic rings. The molecule has 5 nitrogen and oxygen atoms in total. The van der Waals surface area contributed by atoms with E-state index in [1.165, 1.54) is 35.7 Å². The molecule has 1 amide bonds. The van der Waals surface area contributed by atoms with Gasteiger partial charge in [-0.2, -0.15) is 0 Å². The summed E-state index contributed by atoms with van der Waals surface area (Å²) < 4.78 is 2.19. The van der Waals surface area contributed by atoms with Gasteiger partial charge in [0.05, 0.1) is 5.75 Å². The van der Waals surface area contributed by atoms with E-state index in [0.29, 0.717) is 17.6 Å². The molecule has 0 aliphatic carbocycles. The Kier molecular flexibility index (Phi) is 6.58. The molecule has 3 rings (SSSR count). The Morgan fingerprint density at radius 2 is 1.81 bits per heavy atom. The maximum atomic E-state index is 12.7. The Morgan fingerprint density at radius 3 is 2.48 bits per heavy atom. The summed E-state index contributed by atoms with van der Waals surface area (Å²) in [6.07, 6.45) is 4.55. The summed E-state index contributed by atoms with van der Waals surface area (Å²) in [5.41, 5.74) is 3.36. The average molecular weight is 387 g/mol. The number of hydrogen-bond acceptors (Lipinski definition) is 4. The van der Waals surface area contributed by atoms with Crippen molar-refractivity contribution in [1.29, 1.82) is 0 Å². The predicted octanol–water partition coefficient (Wildman–Crippen LogP) is 4.98. The molecule has 0 fully saturated rings. The van der Waals surface area contributed by atoms with E-state index in [1.807, 2.05) is 0 Å². The molecule has 0 atom stereocenters. The van der Waals surface area contributed by atoms with Gasteiger partial charge in [-0.3, -0.25) is 4.79 Å². The van der Waals surface area contributed by atoms with Crippen molar-refractivity contribution in [2.45, 2.75) is 76.9 Å². The normalized spacial score (nSPS) is 14.3. The fraction of sp³-hybridized carbons (Fsp3) is 0.571. The minimum atomic E-state index is 0.0148. The SMILES string of the molecule is CC(C)c1cccc(C(C)C)c1NC(=O)CSc1nnc2n1CCCCC2. The number of rotatable bonds is 6. The van der Waals surface area contributed by atoms with Crippen molar-refractivity contribution in [3.8, 4) is 0 Å². The molecule has 1 N–H and O–H groups in total. The highest BCUT2D eigenvalue weighted by atomic mass is 32.2. The van der Waals surface area contributed by atoms with Gasteiger partial charge in [-0.1, -0.05) is 64.1 Å². The fourth-order valence-corrected chi connectivity index (χ4v) is 4.35. The molecule has 0 bridgehead atoms. The van der Waals surface area contributed by atoms with E-state index >= 15 is 0 Å². The molecule has 146 valence electrons. The number of thioether (sulfide) groups is 1. The second-order valence-electron chi connectivity index (χ2n) is 7.82. The zero-order valence-corrected chi connectivity index (χ0v) is 17.6. The smallest absolute Gasteiger partial charge is 0.234 e. The van der Waals surface area contributed by atoms with Crippen molar-refractivity contribution in [2.75, 3.05) is 11.1 Å². The highest BCUT2D eigenvalue weighted by Gasteiger charge is 2.18. The number of aryl methyl sites for hydroxylation is 1. The Balaban J connectivity index is 1.71. The molecule has 0 unspecified atom stereocenters. The molecule has 27 heavy (non-hydrogen) atoms. The van der Waals surface area contributed by atoms with Gasteiger partial charge in [-0.25, -0.2) is 0 Å². The first-order valence-electron chi connectivity index (χ1n) is 9.95. The summed E-state index contributed by atoms with van der Waals surface area (Å²) in [6.45, 7) is 9.61. The Bertz CT molecular complexity index is 771. The van der Waals surface area contributed by atoms with Crippen LogP contribution in [0.2, 0.25) is 0 Å². The van der Waals surface area contributed by atoms with Crippen LogP contribution in [0.3, 0.4) is 0 Å². The number of aromatic nitrogens is 3. The molecule has 1 aliphatic rings. The number of amides is 1. The summed E-state index contributed by atoms with van der Waals surface area (Å²) in [5, 5.41) is 12.7. The van der Waals surface area contributed by atoms with E-state index < -0.39 is 0 Å². The first-order chi connectivity index (χ1) is 13.0. The van der Waals surface area contributed by atoms with Gasteiger partial charge in [0, 0.05) is 18.7 Å². The topological polar surface area (TPSA) is 59.8 Å². The number of carbonyl (C=O) groups is 1. The van der Waals surface area contributed by atoms with Gasteiger partial charge < -0.3 is 9.88 Å². The van der Waals surface area contributed by atoms with Crippen molar-refractivity contribution in [2.24, 2.45) is 0 Å². The first kappa shape index (κ1) is 19.9.